The lowest BCUT2D eigenvalue weighted by molar-refractivity contribution is -0.107. The van der Waals surface area contributed by atoms with Gasteiger partial charge in [-0.25, -0.2) is 0 Å². The zero-order valence-corrected chi connectivity index (χ0v) is 5.71. The van der Waals surface area contributed by atoms with Gasteiger partial charge < -0.3 is 4.79 Å². The van der Waals surface area contributed by atoms with Gasteiger partial charge in [0.1, 0.15) is 6.29 Å². The molecule has 0 fully saturated rings. The number of nitrogens with one attached hydrogen (secondary N) is 1. The van der Waals surface area contributed by atoms with E-state index in [0.29, 0.717) is 6.42 Å². The lowest BCUT2D eigenvalue weighted by Gasteiger charge is -1.89. The number of carbonyl (C=O) groups is 1. The van der Waals surface area contributed by atoms with E-state index < -0.39 is 0 Å². The first-order valence-corrected chi connectivity index (χ1v) is 3.35. The van der Waals surface area contributed by atoms with Crippen LogP contribution in [0.25, 0.3) is 0 Å². The van der Waals surface area contributed by atoms with E-state index in [1.54, 1.807) is 6.20 Å². The van der Waals surface area contributed by atoms with Gasteiger partial charge in [0.05, 0.1) is 6.20 Å². The monoisotopic (exact) mass is 138 g/mol. The largest absolute Gasteiger partial charge is 0.303 e. The van der Waals surface area contributed by atoms with E-state index >= 15 is 0 Å². The van der Waals surface area contributed by atoms with E-state index in [-0.39, 0.29) is 0 Å². The molecule has 3 heteroatoms. The number of nitrogens with zero attached hydrogens (tertiary/aromatic N) is 1. The highest BCUT2D eigenvalue weighted by molar-refractivity contribution is 5.49. The predicted octanol–water partition coefficient (Wildman–Crippen LogP) is 0.931. The van der Waals surface area contributed by atoms with E-state index in [9.17, 15) is 4.79 Å². The lowest BCUT2D eigenvalue weighted by Crippen LogP contribution is -1.82. The van der Waals surface area contributed by atoms with Crippen LogP contribution in [0.2, 0.25) is 0 Å². The molecule has 1 aromatic rings. The van der Waals surface area contributed by atoms with Crippen LogP contribution in [0.15, 0.2) is 12.4 Å². The van der Waals surface area contributed by atoms with E-state index in [1.165, 1.54) is 5.56 Å². The first-order valence-electron chi connectivity index (χ1n) is 3.35. The van der Waals surface area contributed by atoms with Gasteiger partial charge in [-0.2, -0.15) is 5.10 Å². The summed E-state index contributed by atoms with van der Waals surface area (Å²) in [7, 11) is 0. The van der Waals surface area contributed by atoms with Crippen molar-refractivity contribution < 1.29 is 4.79 Å². The smallest absolute Gasteiger partial charge is 0.120 e. The second kappa shape index (κ2) is 3.82. The Hall–Kier alpha value is -1.12. The van der Waals surface area contributed by atoms with Crippen molar-refractivity contribution in [3.05, 3.63) is 18.0 Å². The number of unbranched alkanes of at least 4 members (excludes halogenated alkanes) is 1. The van der Waals surface area contributed by atoms with Crippen molar-refractivity contribution in [2.24, 2.45) is 0 Å². The summed E-state index contributed by atoms with van der Waals surface area (Å²) >= 11 is 0. The number of hydrogen-bond acceptors (Lipinski definition) is 2. The molecule has 1 rings (SSSR count). The Morgan fingerprint density at radius 1 is 1.70 bits per heavy atom. The van der Waals surface area contributed by atoms with Gasteiger partial charge in [0.15, 0.2) is 0 Å². The molecule has 1 heterocycles. The summed E-state index contributed by atoms with van der Waals surface area (Å²) in [5.41, 5.74) is 1.17. The summed E-state index contributed by atoms with van der Waals surface area (Å²) in [6.07, 6.45) is 7.08. The summed E-state index contributed by atoms with van der Waals surface area (Å²) in [5, 5.41) is 6.51. The number of aldehydes is 1. The zero-order chi connectivity index (χ0) is 7.23. The van der Waals surface area contributed by atoms with Crippen molar-refractivity contribution in [1.82, 2.24) is 10.2 Å². The van der Waals surface area contributed by atoms with Crippen LogP contribution in [0.4, 0.5) is 0 Å². The fourth-order valence-corrected chi connectivity index (χ4v) is 0.804. The number of rotatable bonds is 4. The quantitative estimate of drug-likeness (QED) is 0.497. The number of H-pyrrole nitrogens is 1. The average molecular weight is 138 g/mol. The van der Waals surface area contributed by atoms with Crippen LogP contribution in [0.3, 0.4) is 0 Å². The van der Waals surface area contributed by atoms with Crippen molar-refractivity contribution in [1.29, 1.82) is 0 Å². The molecule has 0 saturated heterocycles. The van der Waals surface area contributed by atoms with Gasteiger partial charge in [0, 0.05) is 12.6 Å². The number of aromatic nitrogens is 2. The van der Waals surface area contributed by atoms with Gasteiger partial charge in [0.25, 0.3) is 0 Å². The first-order chi connectivity index (χ1) is 4.93. The summed E-state index contributed by atoms with van der Waals surface area (Å²) in [5.74, 6) is 0. The van der Waals surface area contributed by atoms with Crippen LogP contribution >= 0.6 is 0 Å². The Kier molecular flexibility index (Phi) is 2.67. The highest BCUT2D eigenvalue weighted by atomic mass is 16.1. The molecular formula is C7H10N2O. The van der Waals surface area contributed by atoms with E-state index in [2.05, 4.69) is 10.2 Å². The van der Waals surface area contributed by atoms with Gasteiger partial charge in [0.2, 0.25) is 0 Å². The molecule has 0 unspecified atom stereocenters. The fraction of sp³-hybridized carbons (Fsp3) is 0.429. The van der Waals surface area contributed by atoms with Gasteiger partial charge in [-0.3, -0.25) is 5.10 Å². The van der Waals surface area contributed by atoms with Crippen molar-refractivity contribution in [2.75, 3.05) is 0 Å². The molecule has 0 aromatic carbocycles. The van der Waals surface area contributed by atoms with E-state index in [4.69, 9.17) is 0 Å². The third-order valence-electron chi connectivity index (χ3n) is 1.34. The Morgan fingerprint density at radius 3 is 3.20 bits per heavy atom. The topological polar surface area (TPSA) is 45.8 Å². The van der Waals surface area contributed by atoms with Gasteiger partial charge >= 0.3 is 0 Å². The number of aromatic amines is 1. The van der Waals surface area contributed by atoms with Crippen molar-refractivity contribution in [3.63, 3.8) is 0 Å². The summed E-state index contributed by atoms with van der Waals surface area (Å²) in [6, 6.07) is 0. The maximum absolute atomic E-state index is 9.91. The van der Waals surface area contributed by atoms with Crippen LogP contribution in [-0.2, 0) is 11.2 Å². The third-order valence-corrected chi connectivity index (χ3v) is 1.34. The molecule has 10 heavy (non-hydrogen) atoms. The van der Waals surface area contributed by atoms with Gasteiger partial charge in [-0.15, -0.1) is 0 Å². The highest BCUT2D eigenvalue weighted by Gasteiger charge is 1.91. The second-order valence-electron chi connectivity index (χ2n) is 2.17. The number of hydrogen-bond donors (Lipinski definition) is 1. The van der Waals surface area contributed by atoms with Crippen molar-refractivity contribution in [3.8, 4) is 0 Å². The Labute approximate surface area is 59.4 Å². The van der Waals surface area contributed by atoms with E-state index in [1.807, 2.05) is 6.20 Å². The summed E-state index contributed by atoms with van der Waals surface area (Å²) < 4.78 is 0. The molecule has 3 nitrogen and oxygen atoms in total. The second-order valence-corrected chi connectivity index (χ2v) is 2.17. The maximum Gasteiger partial charge on any atom is 0.120 e. The summed E-state index contributed by atoms with van der Waals surface area (Å²) in [4.78, 5) is 9.91. The Bertz CT molecular complexity index is 181. The van der Waals surface area contributed by atoms with Crippen LogP contribution < -0.4 is 0 Å². The normalized spacial score (nSPS) is 9.60. The maximum atomic E-state index is 9.91. The van der Waals surface area contributed by atoms with Crippen LogP contribution in [0.1, 0.15) is 18.4 Å². The van der Waals surface area contributed by atoms with E-state index in [0.717, 1.165) is 19.1 Å². The van der Waals surface area contributed by atoms with Crippen LogP contribution in [0.5, 0.6) is 0 Å². The molecule has 0 atom stereocenters. The zero-order valence-electron chi connectivity index (χ0n) is 5.71. The highest BCUT2D eigenvalue weighted by Crippen LogP contribution is 1.99. The molecule has 1 aromatic heterocycles. The molecule has 0 radical (unpaired) electrons. The van der Waals surface area contributed by atoms with Crippen molar-refractivity contribution >= 4 is 6.29 Å². The minimum atomic E-state index is 0.644. The SMILES string of the molecule is O=CCCCc1cn[nH]c1. The summed E-state index contributed by atoms with van der Waals surface area (Å²) in [6.45, 7) is 0. The number of carbonyl (C=O) groups excluding carboxylic acids is 1. The molecule has 0 aliphatic rings. The van der Waals surface area contributed by atoms with Crippen molar-refractivity contribution in [2.45, 2.75) is 19.3 Å². The molecule has 1 N–H and O–H groups in total. The Morgan fingerprint density at radius 2 is 2.60 bits per heavy atom. The molecule has 0 spiro atoms. The lowest BCUT2D eigenvalue weighted by atomic mass is 10.2. The molecular weight excluding hydrogens is 128 g/mol. The number of aryl methyl sites for hydroxylation is 1. The minimum absolute atomic E-state index is 0.644. The predicted molar refractivity (Wildman–Crippen MR) is 37.6 cm³/mol. The fourth-order valence-electron chi connectivity index (χ4n) is 0.804. The van der Waals surface area contributed by atoms with Crippen LogP contribution in [0, 0.1) is 0 Å². The molecule has 0 bridgehead atoms. The molecule has 0 saturated carbocycles. The standard InChI is InChI=1S/C7H10N2O/c10-4-2-1-3-7-5-8-9-6-7/h4-6H,1-3H2,(H,8,9). The first kappa shape index (κ1) is 6.99. The third kappa shape index (κ3) is 2.01. The Balaban J connectivity index is 2.21. The average Bonchev–Trinajstić information content (AvgIpc) is 2.41. The molecule has 54 valence electrons. The minimum Gasteiger partial charge on any atom is -0.303 e. The van der Waals surface area contributed by atoms with Gasteiger partial charge in [-0.1, -0.05) is 0 Å². The molecule has 0 aliphatic carbocycles. The molecule has 0 amide bonds. The van der Waals surface area contributed by atoms with Crippen LogP contribution in [-0.4, -0.2) is 16.5 Å². The van der Waals surface area contributed by atoms with Gasteiger partial charge in [-0.05, 0) is 18.4 Å². The molecule has 0 aliphatic heterocycles.